The van der Waals surface area contributed by atoms with Gasteiger partial charge in [-0.3, -0.25) is 0 Å². The van der Waals surface area contributed by atoms with Crippen LogP contribution in [-0.2, 0) is 0 Å². The van der Waals surface area contributed by atoms with Crippen LogP contribution in [0.5, 0.6) is 0 Å². The molecular weight excluding hydrogens is 311 g/mol. The average Bonchev–Trinajstić information content (AvgIpc) is 2.00. The smallest absolute Gasteiger partial charge is 0.0279 e. The first kappa shape index (κ1) is 9.64. The molecule has 0 aromatic rings. The second-order valence-electron chi connectivity index (χ2n) is 5.25. The average molecular weight is 326 g/mol. The molecule has 4 saturated carbocycles. The predicted octanol–water partition coefficient (Wildman–Crippen LogP) is 4.69. The molecule has 0 radical (unpaired) electrons. The third kappa shape index (κ3) is 1.67. The Kier molecular flexibility index (Phi) is 2.58. The summed E-state index contributed by atoms with van der Waals surface area (Å²) in [7, 11) is 4.17. The summed E-state index contributed by atoms with van der Waals surface area (Å²) < 4.78 is 0.723. The maximum absolute atomic E-state index is 2.46. The minimum Gasteiger partial charge on any atom is -0.0762 e. The van der Waals surface area contributed by atoms with Crippen LogP contribution in [0.3, 0.4) is 0 Å². The van der Waals surface area contributed by atoms with Gasteiger partial charge in [-0.1, -0.05) is 10.8 Å². The van der Waals surface area contributed by atoms with Crippen molar-refractivity contribution in [3.05, 3.63) is 0 Å². The number of rotatable bonds is 2. The van der Waals surface area contributed by atoms with E-state index in [2.05, 4.69) is 32.0 Å². The van der Waals surface area contributed by atoms with Crippen LogP contribution in [0.25, 0.3) is 0 Å². The van der Waals surface area contributed by atoms with Crippen LogP contribution in [0.1, 0.15) is 38.5 Å². The van der Waals surface area contributed by atoms with Crippen LogP contribution < -0.4 is 0 Å². The Morgan fingerprint density at radius 1 is 0.923 bits per heavy atom. The van der Waals surface area contributed by atoms with Gasteiger partial charge < -0.3 is 0 Å². The first-order valence-corrected chi connectivity index (χ1v) is 9.95. The van der Waals surface area contributed by atoms with Gasteiger partial charge >= 0.3 is 0 Å². The largest absolute Gasteiger partial charge is 0.0762 e. The maximum Gasteiger partial charge on any atom is 0.0279 e. The Balaban J connectivity index is 1.83. The van der Waals surface area contributed by atoms with Crippen LogP contribution in [0.4, 0.5) is 0 Å². The number of hydrogen-bond donors (Lipinski definition) is 0. The van der Waals surface area contributed by atoms with E-state index < -0.39 is 0 Å². The maximum atomic E-state index is 2.46. The minimum absolute atomic E-state index is 0.723. The van der Waals surface area contributed by atoms with E-state index in [0.717, 1.165) is 22.5 Å². The first-order valence-electron chi connectivity index (χ1n) is 5.26. The Morgan fingerprint density at radius 2 is 1.38 bits per heavy atom. The van der Waals surface area contributed by atoms with E-state index in [1.165, 1.54) is 0 Å². The van der Waals surface area contributed by atoms with E-state index in [4.69, 9.17) is 0 Å². The third-order valence-electron chi connectivity index (χ3n) is 4.19. The molecule has 0 N–H and O–H groups in total. The van der Waals surface area contributed by atoms with Crippen LogP contribution in [0, 0.1) is 17.8 Å². The van der Waals surface area contributed by atoms with Crippen molar-refractivity contribution < 1.29 is 0 Å². The summed E-state index contributed by atoms with van der Waals surface area (Å²) in [5, 5.41) is 0. The van der Waals surface area contributed by atoms with Gasteiger partial charge in [-0.05, 0) is 64.2 Å². The van der Waals surface area contributed by atoms with Crippen molar-refractivity contribution in [2.24, 2.45) is 17.8 Å². The zero-order chi connectivity index (χ0) is 8.89. The zero-order valence-corrected chi connectivity index (χ0v) is 11.5. The Hall–Kier alpha value is 1.43. The standard InChI is InChI=1S/C10H15IS2/c11-13-12-10-4-7-1-8(5-10)3-9(2-7)6-10/h7-9H,1-6H2. The van der Waals surface area contributed by atoms with E-state index in [-0.39, 0.29) is 0 Å². The third-order valence-corrected chi connectivity index (χ3v) is 7.97. The van der Waals surface area contributed by atoms with Gasteiger partial charge in [0.15, 0.2) is 0 Å². The molecule has 4 bridgehead atoms. The summed E-state index contributed by atoms with van der Waals surface area (Å²) in [5.74, 6) is 3.34. The van der Waals surface area contributed by atoms with Gasteiger partial charge in [0, 0.05) is 26.0 Å². The molecule has 0 saturated heterocycles. The molecule has 0 aromatic carbocycles. The monoisotopic (exact) mass is 326 g/mol. The van der Waals surface area contributed by atoms with E-state index >= 15 is 0 Å². The van der Waals surface area contributed by atoms with Crippen molar-refractivity contribution in [2.45, 2.75) is 43.3 Å². The molecule has 0 aliphatic heterocycles. The van der Waals surface area contributed by atoms with E-state index in [1.54, 1.807) is 38.5 Å². The van der Waals surface area contributed by atoms with Gasteiger partial charge in [-0.15, -0.1) is 0 Å². The lowest BCUT2D eigenvalue weighted by atomic mass is 9.56. The highest BCUT2D eigenvalue weighted by atomic mass is 127. The molecule has 4 rings (SSSR count). The van der Waals surface area contributed by atoms with Gasteiger partial charge in [0.2, 0.25) is 0 Å². The molecule has 74 valence electrons. The Labute approximate surface area is 100 Å². The minimum atomic E-state index is 0.723. The summed E-state index contributed by atoms with van der Waals surface area (Å²) in [4.78, 5) is 0. The second kappa shape index (κ2) is 3.48. The fourth-order valence-corrected chi connectivity index (χ4v) is 9.69. The fraction of sp³-hybridized carbons (Fsp3) is 1.00. The number of halogens is 1. The highest BCUT2D eigenvalue weighted by Gasteiger charge is 2.51. The number of hydrogen-bond acceptors (Lipinski definition) is 2. The molecular formula is C10H15IS2. The Morgan fingerprint density at radius 3 is 1.77 bits per heavy atom. The van der Waals surface area contributed by atoms with Crippen LogP contribution >= 0.6 is 40.0 Å². The van der Waals surface area contributed by atoms with Crippen molar-refractivity contribution in [2.75, 3.05) is 0 Å². The predicted molar refractivity (Wildman–Crippen MR) is 70.1 cm³/mol. The summed E-state index contributed by atoms with van der Waals surface area (Å²) in [6, 6.07) is 0. The molecule has 3 heteroatoms. The lowest BCUT2D eigenvalue weighted by Gasteiger charge is -2.55. The first-order chi connectivity index (χ1) is 6.30. The van der Waals surface area contributed by atoms with Crippen molar-refractivity contribution in [3.8, 4) is 0 Å². The molecule has 0 spiro atoms. The molecule has 0 amide bonds. The molecule has 13 heavy (non-hydrogen) atoms. The molecule has 0 aromatic heterocycles. The van der Waals surface area contributed by atoms with Gasteiger partial charge in [-0.2, -0.15) is 0 Å². The Bertz CT molecular complexity index is 182. The molecule has 4 aliphatic carbocycles. The van der Waals surface area contributed by atoms with Crippen molar-refractivity contribution in [1.82, 2.24) is 0 Å². The lowest BCUT2D eigenvalue weighted by Crippen LogP contribution is -2.48. The normalized spacial score (nSPS) is 52.8. The fourth-order valence-electron chi connectivity index (χ4n) is 4.20. The molecule has 0 atom stereocenters. The van der Waals surface area contributed by atoms with E-state index in [0.29, 0.717) is 0 Å². The van der Waals surface area contributed by atoms with Crippen LogP contribution in [0.15, 0.2) is 0 Å². The molecule has 0 nitrogen and oxygen atoms in total. The summed E-state index contributed by atoms with van der Waals surface area (Å²) in [5.41, 5.74) is 0. The summed E-state index contributed by atoms with van der Waals surface area (Å²) >= 11 is 2.46. The van der Waals surface area contributed by atoms with Crippen LogP contribution in [-0.4, -0.2) is 4.75 Å². The van der Waals surface area contributed by atoms with Gasteiger partial charge in [0.1, 0.15) is 0 Å². The van der Waals surface area contributed by atoms with Crippen molar-refractivity contribution >= 4 is 40.0 Å². The quantitative estimate of drug-likeness (QED) is 0.533. The lowest BCUT2D eigenvalue weighted by molar-refractivity contribution is 0.0390. The van der Waals surface area contributed by atoms with E-state index in [9.17, 15) is 0 Å². The molecule has 0 unspecified atom stereocenters. The van der Waals surface area contributed by atoms with Gasteiger partial charge in [0.25, 0.3) is 0 Å². The van der Waals surface area contributed by atoms with Crippen molar-refractivity contribution in [1.29, 1.82) is 0 Å². The molecule has 0 heterocycles. The highest BCUT2D eigenvalue weighted by Crippen LogP contribution is 2.63. The summed E-state index contributed by atoms with van der Waals surface area (Å²) in [6.07, 6.45) is 9.35. The highest BCUT2D eigenvalue weighted by molar-refractivity contribution is 14.2. The van der Waals surface area contributed by atoms with Crippen molar-refractivity contribution in [3.63, 3.8) is 0 Å². The molecule has 4 fully saturated rings. The van der Waals surface area contributed by atoms with Gasteiger partial charge in [-0.25, -0.2) is 0 Å². The van der Waals surface area contributed by atoms with E-state index in [1.807, 2.05) is 7.97 Å². The topological polar surface area (TPSA) is 0 Å². The zero-order valence-electron chi connectivity index (χ0n) is 7.67. The molecule has 4 aliphatic rings. The second-order valence-corrected chi connectivity index (χ2v) is 10.5. The van der Waals surface area contributed by atoms with Gasteiger partial charge in [0.05, 0.1) is 0 Å². The summed E-state index contributed by atoms with van der Waals surface area (Å²) in [6.45, 7) is 0. The SMILES string of the molecule is ISSC12CC3CC(CC(C3)C1)C2. The van der Waals surface area contributed by atoms with Crippen LogP contribution in [0.2, 0.25) is 0 Å².